The molecule has 0 aliphatic heterocycles. The lowest BCUT2D eigenvalue weighted by atomic mass is 9.80. The largest absolute Gasteiger partial charge is 0.309 e. The zero-order valence-corrected chi connectivity index (χ0v) is 13.7. The molecule has 3 rings (SSSR count). The van der Waals surface area contributed by atoms with Crippen molar-refractivity contribution in [2.24, 2.45) is 7.05 Å². The molecule has 3 unspecified atom stereocenters. The fourth-order valence-electron chi connectivity index (χ4n) is 3.27. The van der Waals surface area contributed by atoms with Crippen molar-refractivity contribution in [3.8, 4) is 0 Å². The van der Waals surface area contributed by atoms with Crippen molar-refractivity contribution < 1.29 is 0 Å². The highest BCUT2D eigenvalue weighted by molar-refractivity contribution is 8.00. The Hall–Kier alpha value is -1.26. The van der Waals surface area contributed by atoms with Gasteiger partial charge >= 0.3 is 0 Å². The summed E-state index contributed by atoms with van der Waals surface area (Å²) >= 11 is 1.95. The molecule has 0 spiro atoms. The van der Waals surface area contributed by atoms with Crippen LogP contribution in [0.1, 0.15) is 43.4 Å². The number of benzene rings is 1. The smallest absolute Gasteiger partial charge is 0.0625 e. The molecular formula is C17H23N3S. The summed E-state index contributed by atoms with van der Waals surface area (Å²) in [6.07, 6.45) is 5.28. The first-order chi connectivity index (χ1) is 10.2. The van der Waals surface area contributed by atoms with Crippen LogP contribution in [0.5, 0.6) is 0 Å². The number of aryl methyl sites for hydroxylation is 1. The molecule has 0 saturated carbocycles. The van der Waals surface area contributed by atoms with Crippen LogP contribution in [0.2, 0.25) is 0 Å². The number of nitrogens with zero attached hydrogens (tertiary/aromatic N) is 2. The van der Waals surface area contributed by atoms with Gasteiger partial charge in [-0.25, -0.2) is 0 Å². The molecule has 3 nitrogen and oxygen atoms in total. The molecule has 0 amide bonds. The molecule has 112 valence electrons. The van der Waals surface area contributed by atoms with Crippen LogP contribution < -0.4 is 5.32 Å². The van der Waals surface area contributed by atoms with E-state index in [9.17, 15) is 0 Å². The Morgan fingerprint density at radius 1 is 1.33 bits per heavy atom. The standard InChI is InChI=1S/C17H23N3S/c1-4-18-17-15-8-6-5-7-14(15)12(2)9-16(17)21-13-10-19-20(3)11-13/h5-8,10-12,16-18H,4,9H2,1-3H3. The summed E-state index contributed by atoms with van der Waals surface area (Å²) in [5.74, 6) is 0.616. The van der Waals surface area contributed by atoms with E-state index < -0.39 is 0 Å². The number of fused-ring (bicyclic) bond motifs is 1. The quantitative estimate of drug-likeness (QED) is 0.933. The van der Waals surface area contributed by atoms with E-state index in [2.05, 4.69) is 54.7 Å². The molecule has 3 atom stereocenters. The topological polar surface area (TPSA) is 29.9 Å². The van der Waals surface area contributed by atoms with Crippen LogP contribution >= 0.6 is 11.8 Å². The maximum atomic E-state index is 4.29. The zero-order valence-electron chi connectivity index (χ0n) is 12.9. The van der Waals surface area contributed by atoms with E-state index in [0.29, 0.717) is 17.2 Å². The minimum Gasteiger partial charge on any atom is -0.309 e. The highest BCUT2D eigenvalue weighted by atomic mass is 32.2. The van der Waals surface area contributed by atoms with E-state index in [4.69, 9.17) is 0 Å². The minimum atomic E-state index is 0.424. The summed E-state index contributed by atoms with van der Waals surface area (Å²) in [5, 5.41) is 8.54. The number of rotatable bonds is 4. The fourth-order valence-corrected chi connectivity index (χ4v) is 4.70. The van der Waals surface area contributed by atoms with Crippen molar-refractivity contribution in [1.82, 2.24) is 15.1 Å². The van der Waals surface area contributed by atoms with Crippen LogP contribution in [0.3, 0.4) is 0 Å². The van der Waals surface area contributed by atoms with E-state index in [1.165, 1.54) is 22.4 Å². The maximum Gasteiger partial charge on any atom is 0.0625 e. The number of hydrogen-bond donors (Lipinski definition) is 1. The van der Waals surface area contributed by atoms with Gasteiger partial charge < -0.3 is 5.32 Å². The van der Waals surface area contributed by atoms with E-state index in [1.807, 2.05) is 29.7 Å². The third kappa shape index (κ3) is 3.01. The zero-order chi connectivity index (χ0) is 14.8. The number of hydrogen-bond acceptors (Lipinski definition) is 3. The van der Waals surface area contributed by atoms with Crippen molar-refractivity contribution >= 4 is 11.8 Å². The van der Waals surface area contributed by atoms with Gasteiger partial charge in [-0.1, -0.05) is 38.1 Å². The van der Waals surface area contributed by atoms with Gasteiger partial charge in [0.05, 0.1) is 6.20 Å². The third-order valence-corrected chi connectivity index (χ3v) is 5.46. The normalized spacial score (nSPS) is 24.8. The third-order valence-electron chi connectivity index (χ3n) is 4.21. The molecule has 1 N–H and O–H groups in total. The fraction of sp³-hybridized carbons (Fsp3) is 0.471. The predicted octanol–water partition coefficient (Wildman–Crippen LogP) is 3.74. The summed E-state index contributed by atoms with van der Waals surface area (Å²) < 4.78 is 1.88. The van der Waals surface area contributed by atoms with E-state index in [0.717, 1.165) is 6.54 Å². The summed E-state index contributed by atoms with van der Waals surface area (Å²) in [6, 6.07) is 9.32. The summed E-state index contributed by atoms with van der Waals surface area (Å²) in [4.78, 5) is 1.26. The first-order valence-electron chi connectivity index (χ1n) is 7.66. The monoisotopic (exact) mass is 301 g/mol. The van der Waals surface area contributed by atoms with Gasteiger partial charge in [-0.3, -0.25) is 4.68 Å². The maximum absolute atomic E-state index is 4.29. The van der Waals surface area contributed by atoms with Gasteiger partial charge in [0, 0.05) is 29.4 Å². The van der Waals surface area contributed by atoms with Gasteiger partial charge in [-0.05, 0) is 30.0 Å². The SMILES string of the molecule is CCNC1c2ccccc2C(C)CC1Sc1cnn(C)c1. The molecule has 1 aliphatic rings. The van der Waals surface area contributed by atoms with Gasteiger partial charge in [0.1, 0.15) is 0 Å². The molecule has 0 saturated heterocycles. The Balaban J connectivity index is 1.89. The highest BCUT2D eigenvalue weighted by Crippen LogP contribution is 2.44. The molecule has 1 aliphatic carbocycles. The number of nitrogens with one attached hydrogen (secondary N) is 1. The van der Waals surface area contributed by atoms with Crippen LogP contribution in [0.15, 0.2) is 41.6 Å². The molecule has 4 heteroatoms. The second kappa shape index (κ2) is 6.24. The van der Waals surface area contributed by atoms with Crippen LogP contribution in [0, 0.1) is 0 Å². The molecular weight excluding hydrogens is 278 g/mol. The van der Waals surface area contributed by atoms with Crippen molar-refractivity contribution in [2.75, 3.05) is 6.54 Å². The second-order valence-electron chi connectivity index (χ2n) is 5.81. The van der Waals surface area contributed by atoms with Gasteiger partial charge in [0.15, 0.2) is 0 Å². The average Bonchev–Trinajstić information content (AvgIpc) is 2.88. The van der Waals surface area contributed by atoms with Gasteiger partial charge in [-0.15, -0.1) is 11.8 Å². The van der Waals surface area contributed by atoms with Crippen LogP contribution in [-0.2, 0) is 7.05 Å². The van der Waals surface area contributed by atoms with E-state index >= 15 is 0 Å². The molecule has 0 radical (unpaired) electrons. The van der Waals surface area contributed by atoms with E-state index in [1.54, 1.807) is 0 Å². The van der Waals surface area contributed by atoms with Crippen LogP contribution in [0.4, 0.5) is 0 Å². The lowest BCUT2D eigenvalue weighted by Crippen LogP contribution is -2.35. The van der Waals surface area contributed by atoms with Crippen molar-refractivity contribution in [3.63, 3.8) is 0 Å². The lowest BCUT2D eigenvalue weighted by Gasteiger charge is -2.37. The van der Waals surface area contributed by atoms with Gasteiger partial charge in [0.2, 0.25) is 0 Å². The first-order valence-corrected chi connectivity index (χ1v) is 8.54. The van der Waals surface area contributed by atoms with Crippen molar-refractivity contribution in [1.29, 1.82) is 0 Å². The molecule has 21 heavy (non-hydrogen) atoms. The predicted molar refractivity (Wildman–Crippen MR) is 88.7 cm³/mol. The van der Waals surface area contributed by atoms with Crippen LogP contribution in [-0.4, -0.2) is 21.6 Å². The Kier molecular flexibility index (Phi) is 4.36. The molecule has 2 aromatic rings. The van der Waals surface area contributed by atoms with E-state index in [-0.39, 0.29) is 0 Å². The Morgan fingerprint density at radius 2 is 2.10 bits per heavy atom. The Bertz CT molecular complexity index is 608. The molecule has 1 heterocycles. The average molecular weight is 301 g/mol. The summed E-state index contributed by atoms with van der Waals surface area (Å²) in [7, 11) is 1.98. The van der Waals surface area contributed by atoms with Crippen LogP contribution in [0.25, 0.3) is 0 Å². The number of aromatic nitrogens is 2. The van der Waals surface area contributed by atoms with Crippen molar-refractivity contribution in [2.45, 2.75) is 42.4 Å². The van der Waals surface area contributed by atoms with Gasteiger partial charge in [0.25, 0.3) is 0 Å². The summed E-state index contributed by atoms with van der Waals surface area (Å²) in [5.41, 5.74) is 2.98. The highest BCUT2D eigenvalue weighted by Gasteiger charge is 2.33. The first kappa shape index (κ1) is 14.7. The molecule has 0 fully saturated rings. The Labute approximate surface area is 131 Å². The summed E-state index contributed by atoms with van der Waals surface area (Å²) in [6.45, 7) is 5.53. The second-order valence-corrected chi connectivity index (χ2v) is 7.12. The number of thioether (sulfide) groups is 1. The lowest BCUT2D eigenvalue weighted by molar-refractivity contribution is 0.453. The molecule has 1 aromatic heterocycles. The van der Waals surface area contributed by atoms with Gasteiger partial charge in [-0.2, -0.15) is 5.10 Å². The minimum absolute atomic E-state index is 0.424. The van der Waals surface area contributed by atoms with Crippen molar-refractivity contribution in [3.05, 3.63) is 47.8 Å². The Morgan fingerprint density at radius 3 is 2.76 bits per heavy atom. The molecule has 1 aromatic carbocycles. The molecule has 0 bridgehead atoms.